The van der Waals surface area contributed by atoms with Crippen LogP contribution in [-0.4, -0.2) is 65.1 Å². The number of imide groups is 1. The van der Waals surface area contributed by atoms with Gasteiger partial charge in [-0.25, -0.2) is 0 Å². The molecule has 138 valence electrons. The van der Waals surface area contributed by atoms with Crippen LogP contribution in [0.5, 0.6) is 0 Å². The smallest absolute Gasteiger partial charge is 0.242 e. The van der Waals surface area contributed by atoms with Crippen molar-refractivity contribution in [1.82, 2.24) is 14.7 Å². The number of hydrogen-bond donors (Lipinski definition) is 0. The molecular weight excluding hydrogens is 330 g/mol. The number of amides is 3. The number of carbonyl (C=O) groups is 3. The van der Waals surface area contributed by atoms with E-state index < -0.39 is 0 Å². The summed E-state index contributed by atoms with van der Waals surface area (Å²) < 4.78 is 0. The first kappa shape index (κ1) is 17.2. The van der Waals surface area contributed by atoms with Crippen LogP contribution in [0.2, 0.25) is 0 Å². The molecule has 4 rings (SSSR count). The van der Waals surface area contributed by atoms with Crippen molar-refractivity contribution in [3.63, 3.8) is 0 Å². The summed E-state index contributed by atoms with van der Waals surface area (Å²) in [5, 5.41) is 0. The van der Waals surface area contributed by atoms with Crippen LogP contribution < -0.4 is 0 Å². The van der Waals surface area contributed by atoms with Crippen LogP contribution in [0.4, 0.5) is 0 Å². The predicted octanol–water partition coefficient (Wildman–Crippen LogP) is 1.36. The van der Waals surface area contributed by atoms with Gasteiger partial charge in [0.15, 0.2) is 0 Å². The highest BCUT2D eigenvalue weighted by atomic mass is 16.2. The molecule has 0 aromatic heterocycles. The van der Waals surface area contributed by atoms with Crippen molar-refractivity contribution in [2.24, 2.45) is 0 Å². The Morgan fingerprint density at radius 1 is 0.962 bits per heavy atom. The molecule has 3 aliphatic rings. The molecule has 1 saturated carbocycles. The predicted molar refractivity (Wildman–Crippen MR) is 96.2 cm³/mol. The van der Waals surface area contributed by atoms with E-state index in [1.165, 1.54) is 24.0 Å². The second-order valence-corrected chi connectivity index (χ2v) is 7.50. The molecule has 6 nitrogen and oxygen atoms in total. The minimum Gasteiger partial charge on any atom is -0.339 e. The summed E-state index contributed by atoms with van der Waals surface area (Å²) in [6.07, 6.45) is 3.07. The molecule has 1 aliphatic carbocycles. The van der Waals surface area contributed by atoms with Gasteiger partial charge in [0, 0.05) is 45.6 Å². The first-order chi connectivity index (χ1) is 12.6. The average Bonchev–Trinajstić information content (AvgIpc) is 3.45. The molecule has 0 radical (unpaired) electrons. The molecule has 3 amide bonds. The van der Waals surface area contributed by atoms with E-state index in [1.807, 2.05) is 0 Å². The number of rotatable bonds is 5. The summed E-state index contributed by atoms with van der Waals surface area (Å²) in [4.78, 5) is 41.1. The Bertz CT molecular complexity index is 705. The summed E-state index contributed by atoms with van der Waals surface area (Å²) >= 11 is 0. The molecule has 0 atom stereocenters. The molecule has 26 heavy (non-hydrogen) atoms. The maximum atomic E-state index is 12.4. The van der Waals surface area contributed by atoms with Gasteiger partial charge in [-0.15, -0.1) is 0 Å². The van der Waals surface area contributed by atoms with E-state index in [9.17, 15) is 14.4 Å². The van der Waals surface area contributed by atoms with Crippen LogP contribution in [0.3, 0.4) is 0 Å². The molecule has 1 aromatic carbocycles. The molecule has 0 bridgehead atoms. The molecule has 0 spiro atoms. The molecule has 6 heteroatoms. The highest BCUT2D eigenvalue weighted by Crippen LogP contribution is 2.41. The zero-order valence-corrected chi connectivity index (χ0v) is 15.0. The fourth-order valence-electron chi connectivity index (χ4n) is 3.90. The quantitative estimate of drug-likeness (QED) is 0.748. The number of benzene rings is 1. The first-order valence-electron chi connectivity index (χ1n) is 9.53. The third kappa shape index (κ3) is 3.65. The van der Waals surface area contributed by atoms with Crippen molar-refractivity contribution in [3.8, 4) is 0 Å². The van der Waals surface area contributed by atoms with Gasteiger partial charge in [-0.1, -0.05) is 24.3 Å². The van der Waals surface area contributed by atoms with Crippen molar-refractivity contribution in [1.29, 1.82) is 0 Å². The van der Waals surface area contributed by atoms with E-state index in [-0.39, 0.29) is 37.1 Å². The van der Waals surface area contributed by atoms with Crippen LogP contribution in [-0.2, 0) is 20.9 Å². The highest BCUT2D eigenvalue weighted by Gasteiger charge is 2.32. The average molecular weight is 355 g/mol. The molecule has 1 aromatic rings. The van der Waals surface area contributed by atoms with Gasteiger partial charge in [0.25, 0.3) is 0 Å². The normalized spacial score (nSPS) is 21.5. The van der Waals surface area contributed by atoms with Crippen molar-refractivity contribution in [2.45, 2.75) is 38.1 Å². The fourth-order valence-corrected chi connectivity index (χ4v) is 3.90. The van der Waals surface area contributed by atoms with Gasteiger partial charge in [-0.05, 0) is 29.9 Å². The molecule has 2 heterocycles. The lowest BCUT2D eigenvalue weighted by Gasteiger charge is -2.35. The topological polar surface area (TPSA) is 60.9 Å². The standard InChI is InChI=1S/C20H25N3O3/c24-18-7-8-19(25)23(18)14-20(26)22-11-9-21(10-12-22)13-16-3-1-2-4-17(16)15-5-6-15/h1-4,15H,5-14H2. The molecular formula is C20H25N3O3. The number of nitrogens with zero attached hydrogens (tertiary/aromatic N) is 3. The zero-order valence-electron chi connectivity index (χ0n) is 15.0. The van der Waals surface area contributed by atoms with Crippen molar-refractivity contribution >= 4 is 17.7 Å². The Kier molecular flexibility index (Phi) is 4.76. The van der Waals surface area contributed by atoms with Crippen LogP contribution in [0, 0.1) is 0 Å². The maximum absolute atomic E-state index is 12.4. The molecule has 3 fully saturated rings. The van der Waals surface area contributed by atoms with E-state index in [1.54, 1.807) is 4.90 Å². The fraction of sp³-hybridized carbons (Fsp3) is 0.550. The van der Waals surface area contributed by atoms with Gasteiger partial charge in [0.1, 0.15) is 6.54 Å². The Labute approximate surface area is 153 Å². The van der Waals surface area contributed by atoms with Gasteiger partial charge in [0.05, 0.1) is 0 Å². The van der Waals surface area contributed by atoms with Gasteiger partial charge in [-0.2, -0.15) is 0 Å². The summed E-state index contributed by atoms with van der Waals surface area (Å²) in [7, 11) is 0. The minimum atomic E-state index is -0.223. The summed E-state index contributed by atoms with van der Waals surface area (Å²) in [5.41, 5.74) is 2.89. The van der Waals surface area contributed by atoms with E-state index in [0.29, 0.717) is 13.1 Å². The summed E-state index contributed by atoms with van der Waals surface area (Å²) in [6.45, 7) is 3.79. The first-order valence-corrected chi connectivity index (χ1v) is 9.53. The number of carbonyl (C=O) groups excluding carboxylic acids is 3. The third-order valence-corrected chi connectivity index (χ3v) is 5.64. The Morgan fingerprint density at radius 2 is 1.62 bits per heavy atom. The van der Waals surface area contributed by atoms with Crippen LogP contribution in [0.15, 0.2) is 24.3 Å². The van der Waals surface area contributed by atoms with Crippen molar-refractivity contribution < 1.29 is 14.4 Å². The van der Waals surface area contributed by atoms with Crippen molar-refractivity contribution in [3.05, 3.63) is 35.4 Å². The second-order valence-electron chi connectivity index (χ2n) is 7.50. The molecule has 2 aliphatic heterocycles. The van der Waals surface area contributed by atoms with Gasteiger partial charge in [-0.3, -0.25) is 24.2 Å². The Morgan fingerprint density at radius 3 is 2.27 bits per heavy atom. The van der Waals surface area contributed by atoms with Crippen LogP contribution in [0.25, 0.3) is 0 Å². The Hall–Kier alpha value is -2.21. The lowest BCUT2D eigenvalue weighted by atomic mass is 10.0. The monoisotopic (exact) mass is 355 g/mol. The van der Waals surface area contributed by atoms with Gasteiger partial charge in [0.2, 0.25) is 17.7 Å². The molecule has 2 saturated heterocycles. The van der Waals surface area contributed by atoms with Crippen LogP contribution in [0.1, 0.15) is 42.7 Å². The van der Waals surface area contributed by atoms with E-state index >= 15 is 0 Å². The lowest BCUT2D eigenvalue weighted by molar-refractivity contribution is -0.146. The maximum Gasteiger partial charge on any atom is 0.242 e. The van der Waals surface area contributed by atoms with Crippen molar-refractivity contribution in [2.75, 3.05) is 32.7 Å². The summed E-state index contributed by atoms with van der Waals surface area (Å²) in [5.74, 6) is 0.175. The highest BCUT2D eigenvalue weighted by molar-refractivity contribution is 6.04. The third-order valence-electron chi connectivity index (χ3n) is 5.64. The molecule has 0 unspecified atom stereocenters. The number of likely N-dealkylation sites (tertiary alicyclic amines) is 1. The van der Waals surface area contributed by atoms with E-state index in [2.05, 4.69) is 29.2 Å². The Balaban J connectivity index is 1.29. The minimum absolute atomic E-state index is 0.0951. The zero-order chi connectivity index (χ0) is 18.1. The molecule has 0 N–H and O–H groups in total. The van der Waals surface area contributed by atoms with Gasteiger partial charge < -0.3 is 4.90 Å². The van der Waals surface area contributed by atoms with Crippen LogP contribution >= 0.6 is 0 Å². The van der Waals surface area contributed by atoms with E-state index in [4.69, 9.17) is 0 Å². The van der Waals surface area contributed by atoms with E-state index in [0.717, 1.165) is 30.5 Å². The van der Waals surface area contributed by atoms with Gasteiger partial charge >= 0.3 is 0 Å². The SMILES string of the molecule is O=C(CN1C(=O)CCC1=O)N1CCN(Cc2ccccc2C2CC2)CC1. The second kappa shape index (κ2) is 7.19. The lowest BCUT2D eigenvalue weighted by Crippen LogP contribution is -2.51. The summed E-state index contributed by atoms with van der Waals surface area (Å²) in [6, 6.07) is 8.69. The number of hydrogen-bond acceptors (Lipinski definition) is 4. The largest absolute Gasteiger partial charge is 0.339 e. The number of piperazine rings is 1.